The monoisotopic (exact) mass is 282 g/mol. The lowest BCUT2D eigenvalue weighted by atomic mass is 9.92. The Hall–Kier alpha value is -0.940. The van der Waals surface area contributed by atoms with Crippen molar-refractivity contribution < 1.29 is 5.11 Å². The maximum Gasteiger partial charge on any atom is 0.105 e. The number of rotatable bonds is 4. The molecular weight excluding hydrogens is 268 g/mol. The van der Waals surface area contributed by atoms with Crippen LogP contribution in [-0.2, 0) is 0 Å². The van der Waals surface area contributed by atoms with Gasteiger partial charge in [-0.05, 0) is 18.6 Å². The average molecular weight is 283 g/mol. The number of halogens is 1. The van der Waals surface area contributed by atoms with Crippen molar-refractivity contribution in [1.82, 2.24) is 4.98 Å². The number of benzene rings is 1. The highest BCUT2D eigenvalue weighted by atomic mass is 35.5. The van der Waals surface area contributed by atoms with Crippen molar-refractivity contribution in [3.63, 3.8) is 0 Å². The Morgan fingerprint density at radius 1 is 1.44 bits per heavy atom. The lowest BCUT2D eigenvalue weighted by Gasteiger charge is -2.21. The van der Waals surface area contributed by atoms with Crippen LogP contribution in [0.5, 0.6) is 0 Å². The molecule has 0 saturated heterocycles. The molecule has 2 aromatic rings. The molecule has 2 rings (SSSR count). The molecule has 2 atom stereocenters. The van der Waals surface area contributed by atoms with Crippen molar-refractivity contribution in [2.24, 2.45) is 5.73 Å². The molecule has 1 heterocycles. The van der Waals surface area contributed by atoms with Crippen molar-refractivity contribution in [2.75, 3.05) is 6.54 Å². The summed E-state index contributed by atoms with van der Waals surface area (Å²) in [6.45, 7) is 2.23. The standard InChI is InChI=1S/C13H15ClN2OS/c1-8-16-12(7-18-8)13(17)10(6-15)9-4-2-3-5-11(9)14/h2-5,7,10,13,17H,6,15H2,1H3. The van der Waals surface area contributed by atoms with E-state index < -0.39 is 6.10 Å². The van der Waals surface area contributed by atoms with Crippen molar-refractivity contribution in [3.8, 4) is 0 Å². The van der Waals surface area contributed by atoms with Crippen LogP contribution in [0, 0.1) is 6.92 Å². The zero-order chi connectivity index (χ0) is 13.1. The first-order valence-electron chi connectivity index (χ1n) is 5.68. The van der Waals surface area contributed by atoms with Crippen molar-refractivity contribution in [2.45, 2.75) is 18.9 Å². The van der Waals surface area contributed by atoms with Gasteiger partial charge in [0.1, 0.15) is 6.10 Å². The van der Waals surface area contributed by atoms with E-state index in [1.807, 2.05) is 30.5 Å². The zero-order valence-electron chi connectivity index (χ0n) is 10.0. The number of thiazole rings is 1. The Morgan fingerprint density at radius 3 is 2.72 bits per heavy atom. The fraction of sp³-hybridized carbons (Fsp3) is 0.308. The molecule has 0 bridgehead atoms. The third-order valence-corrected chi connectivity index (χ3v) is 4.02. The van der Waals surface area contributed by atoms with Crippen molar-refractivity contribution >= 4 is 22.9 Å². The second-order valence-electron chi connectivity index (χ2n) is 4.10. The Morgan fingerprint density at radius 2 is 2.17 bits per heavy atom. The summed E-state index contributed by atoms with van der Waals surface area (Å²) in [6, 6.07) is 7.45. The molecule has 0 radical (unpaired) electrons. The summed E-state index contributed by atoms with van der Waals surface area (Å²) in [5, 5.41) is 13.8. The Kier molecular flexibility index (Phi) is 4.35. The highest BCUT2D eigenvalue weighted by Gasteiger charge is 2.25. The van der Waals surface area contributed by atoms with Gasteiger partial charge in [0.15, 0.2) is 0 Å². The van der Waals surface area contributed by atoms with Crippen molar-refractivity contribution in [3.05, 3.63) is 50.9 Å². The Bertz CT molecular complexity index is 529. The topological polar surface area (TPSA) is 59.1 Å². The largest absolute Gasteiger partial charge is 0.386 e. The maximum absolute atomic E-state index is 10.4. The van der Waals surface area contributed by atoms with E-state index >= 15 is 0 Å². The minimum atomic E-state index is -0.722. The second kappa shape index (κ2) is 5.80. The van der Waals surface area contributed by atoms with Gasteiger partial charge in [0, 0.05) is 22.9 Å². The first-order valence-corrected chi connectivity index (χ1v) is 6.94. The molecule has 96 valence electrons. The maximum atomic E-state index is 10.4. The van der Waals surface area contributed by atoms with E-state index in [2.05, 4.69) is 4.98 Å². The van der Waals surface area contributed by atoms with E-state index in [0.29, 0.717) is 17.3 Å². The fourth-order valence-electron chi connectivity index (χ4n) is 1.92. The molecule has 0 saturated carbocycles. The average Bonchev–Trinajstić information content (AvgIpc) is 2.79. The molecule has 5 heteroatoms. The van der Waals surface area contributed by atoms with Crippen LogP contribution in [0.1, 0.15) is 28.3 Å². The number of nitrogens with zero attached hydrogens (tertiary/aromatic N) is 1. The van der Waals surface area contributed by atoms with Gasteiger partial charge in [-0.1, -0.05) is 29.8 Å². The number of aryl methyl sites for hydroxylation is 1. The molecule has 3 N–H and O–H groups in total. The highest BCUT2D eigenvalue weighted by Crippen LogP contribution is 2.34. The summed E-state index contributed by atoms with van der Waals surface area (Å²) in [6.07, 6.45) is -0.722. The van der Waals surface area contributed by atoms with E-state index in [1.165, 1.54) is 11.3 Å². The van der Waals surface area contributed by atoms with Gasteiger partial charge in [0.2, 0.25) is 0 Å². The first-order chi connectivity index (χ1) is 8.63. The molecule has 2 unspecified atom stereocenters. The SMILES string of the molecule is Cc1nc(C(O)C(CN)c2ccccc2Cl)cs1. The summed E-state index contributed by atoms with van der Waals surface area (Å²) in [4.78, 5) is 4.30. The molecule has 0 aliphatic heterocycles. The molecule has 18 heavy (non-hydrogen) atoms. The molecule has 0 amide bonds. The number of nitrogens with two attached hydrogens (primary N) is 1. The summed E-state index contributed by atoms with van der Waals surface area (Å²) >= 11 is 7.67. The number of hydrogen-bond donors (Lipinski definition) is 2. The van der Waals surface area contributed by atoms with E-state index in [1.54, 1.807) is 6.07 Å². The normalized spacial score (nSPS) is 14.4. The predicted molar refractivity (Wildman–Crippen MR) is 75.1 cm³/mol. The minimum absolute atomic E-state index is 0.236. The molecular formula is C13H15ClN2OS. The van der Waals surface area contributed by atoms with Crippen molar-refractivity contribution in [1.29, 1.82) is 0 Å². The lowest BCUT2D eigenvalue weighted by molar-refractivity contribution is 0.143. The van der Waals surface area contributed by atoms with Gasteiger partial charge < -0.3 is 10.8 Å². The summed E-state index contributed by atoms with van der Waals surface area (Å²) < 4.78 is 0. The van der Waals surface area contributed by atoms with Gasteiger partial charge in [-0.15, -0.1) is 11.3 Å². The zero-order valence-corrected chi connectivity index (χ0v) is 11.6. The smallest absolute Gasteiger partial charge is 0.105 e. The molecule has 1 aromatic heterocycles. The third-order valence-electron chi connectivity index (χ3n) is 2.88. The summed E-state index contributed by atoms with van der Waals surface area (Å²) in [7, 11) is 0. The predicted octanol–water partition coefficient (Wildman–Crippen LogP) is 2.88. The number of aliphatic hydroxyl groups excluding tert-OH is 1. The van der Waals surface area contributed by atoms with Gasteiger partial charge >= 0.3 is 0 Å². The Labute approximate surface area is 115 Å². The molecule has 0 spiro atoms. The van der Waals surface area contributed by atoms with Crippen LogP contribution in [-0.4, -0.2) is 16.6 Å². The van der Waals surface area contributed by atoms with Gasteiger partial charge in [-0.3, -0.25) is 0 Å². The van der Waals surface area contributed by atoms with E-state index in [9.17, 15) is 5.11 Å². The first kappa shape index (κ1) is 13.5. The van der Waals surface area contributed by atoms with Gasteiger partial charge in [-0.2, -0.15) is 0 Å². The van der Waals surface area contributed by atoms with Crippen LogP contribution in [0.4, 0.5) is 0 Å². The summed E-state index contributed by atoms with van der Waals surface area (Å²) in [5.74, 6) is -0.236. The highest BCUT2D eigenvalue weighted by molar-refractivity contribution is 7.09. The van der Waals surface area contributed by atoms with Crippen LogP contribution in [0.15, 0.2) is 29.6 Å². The van der Waals surface area contributed by atoms with Crippen LogP contribution >= 0.6 is 22.9 Å². The molecule has 3 nitrogen and oxygen atoms in total. The van der Waals surface area contributed by atoms with Crippen LogP contribution in [0.25, 0.3) is 0 Å². The second-order valence-corrected chi connectivity index (χ2v) is 5.57. The van der Waals surface area contributed by atoms with E-state index in [4.69, 9.17) is 17.3 Å². The van der Waals surface area contributed by atoms with Crippen LogP contribution < -0.4 is 5.73 Å². The number of hydrogen-bond acceptors (Lipinski definition) is 4. The minimum Gasteiger partial charge on any atom is -0.386 e. The van der Waals surface area contributed by atoms with Crippen LogP contribution in [0.2, 0.25) is 5.02 Å². The van der Waals surface area contributed by atoms with Gasteiger partial charge in [-0.25, -0.2) is 4.98 Å². The third kappa shape index (κ3) is 2.72. The van der Waals surface area contributed by atoms with Gasteiger partial charge in [0.25, 0.3) is 0 Å². The van der Waals surface area contributed by atoms with E-state index in [-0.39, 0.29) is 5.92 Å². The summed E-state index contributed by atoms with van der Waals surface area (Å²) in [5.41, 5.74) is 7.30. The fourth-order valence-corrected chi connectivity index (χ4v) is 2.84. The lowest BCUT2D eigenvalue weighted by Crippen LogP contribution is -2.20. The molecule has 1 aromatic carbocycles. The quantitative estimate of drug-likeness (QED) is 0.906. The molecule has 0 fully saturated rings. The van der Waals surface area contributed by atoms with E-state index in [0.717, 1.165) is 10.6 Å². The molecule has 0 aliphatic rings. The number of aliphatic hydroxyl groups is 1. The van der Waals surface area contributed by atoms with Crippen LogP contribution in [0.3, 0.4) is 0 Å². The Balaban J connectivity index is 2.32. The molecule has 0 aliphatic carbocycles. The van der Waals surface area contributed by atoms with Gasteiger partial charge in [0.05, 0.1) is 10.7 Å². The number of aromatic nitrogens is 1.